The summed E-state index contributed by atoms with van der Waals surface area (Å²) in [6.45, 7) is 5.13. The molecular formula is C15H24N4O. The van der Waals surface area contributed by atoms with Gasteiger partial charge in [-0.15, -0.1) is 0 Å². The smallest absolute Gasteiger partial charge is 0.268 e. The van der Waals surface area contributed by atoms with Crippen molar-refractivity contribution in [3.63, 3.8) is 0 Å². The van der Waals surface area contributed by atoms with E-state index in [-0.39, 0.29) is 5.91 Å². The van der Waals surface area contributed by atoms with Crippen LogP contribution in [0.1, 0.15) is 49.1 Å². The average molecular weight is 276 g/mol. The summed E-state index contributed by atoms with van der Waals surface area (Å²) < 4.78 is 2.04. The van der Waals surface area contributed by atoms with Crippen LogP contribution in [-0.2, 0) is 0 Å². The number of amides is 1. The van der Waals surface area contributed by atoms with Gasteiger partial charge in [0, 0.05) is 24.8 Å². The molecule has 1 aliphatic carbocycles. The highest BCUT2D eigenvalue weighted by molar-refractivity contribution is 5.93. The number of hydrogen-bond donors (Lipinski definition) is 2. The maximum Gasteiger partial charge on any atom is 0.268 e. The summed E-state index contributed by atoms with van der Waals surface area (Å²) >= 11 is 0. The first-order chi connectivity index (χ1) is 9.69. The maximum absolute atomic E-state index is 12.4. The van der Waals surface area contributed by atoms with E-state index in [9.17, 15) is 4.79 Å². The molecule has 0 radical (unpaired) electrons. The molecular weight excluding hydrogens is 252 g/mol. The lowest BCUT2D eigenvalue weighted by Gasteiger charge is -2.23. The molecule has 1 aromatic rings. The molecule has 1 atom stereocenters. The van der Waals surface area contributed by atoms with E-state index in [2.05, 4.69) is 17.1 Å². The van der Waals surface area contributed by atoms with Crippen molar-refractivity contribution in [2.75, 3.05) is 25.4 Å². The molecule has 5 nitrogen and oxygen atoms in total. The Hall–Kier alpha value is -1.49. The molecule has 3 rings (SSSR count). The molecule has 0 bridgehead atoms. The van der Waals surface area contributed by atoms with Gasteiger partial charge in [-0.05, 0) is 44.8 Å². The molecule has 3 N–H and O–H groups in total. The van der Waals surface area contributed by atoms with Crippen LogP contribution in [0.15, 0.2) is 12.3 Å². The number of carbonyl (C=O) groups is 1. The second-order valence-corrected chi connectivity index (χ2v) is 5.93. The van der Waals surface area contributed by atoms with E-state index in [0.29, 0.717) is 23.5 Å². The number of nitrogens with two attached hydrogens (primary N) is 1. The van der Waals surface area contributed by atoms with Gasteiger partial charge in [0.05, 0.1) is 5.69 Å². The topological polar surface area (TPSA) is 63.3 Å². The Kier molecular flexibility index (Phi) is 3.70. The fourth-order valence-electron chi connectivity index (χ4n) is 3.18. The molecule has 110 valence electrons. The largest absolute Gasteiger partial charge is 0.397 e. The monoisotopic (exact) mass is 276 g/mol. The van der Waals surface area contributed by atoms with Crippen molar-refractivity contribution >= 4 is 11.6 Å². The Morgan fingerprint density at radius 3 is 2.95 bits per heavy atom. The van der Waals surface area contributed by atoms with Crippen LogP contribution in [-0.4, -0.2) is 41.1 Å². The number of carbonyl (C=O) groups excluding carboxylic acids is 1. The van der Waals surface area contributed by atoms with Crippen LogP contribution in [0.4, 0.5) is 5.69 Å². The molecule has 1 saturated carbocycles. The van der Waals surface area contributed by atoms with Gasteiger partial charge in [-0.1, -0.05) is 6.92 Å². The number of likely N-dealkylation sites (N-methyl/N-ethyl adjacent to an activating group) is 1. The van der Waals surface area contributed by atoms with Crippen molar-refractivity contribution in [2.45, 2.75) is 44.7 Å². The van der Waals surface area contributed by atoms with Gasteiger partial charge < -0.3 is 15.6 Å². The van der Waals surface area contributed by atoms with Gasteiger partial charge in [-0.25, -0.2) is 0 Å². The van der Waals surface area contributed by atoms with Gasteiger partial charge in [-0.2, -0.15) is 0 Å². The molecule has 1 aromatic heterocycles. The second-order valence-electron chi connectivity index (χ2n) is 5.93. The van der Waals surface area contributed by atoms with Crippen LogP contribution in [0.3, 0.4) is 0 Å². The first-order valence-corrected chi connectivity index (χ1v) is 7.68. The van der Waals surface area contributed by atoms with Gasteiger partial charge >= 0.3 is 0 Å². The van der Waals surface area contributed by atoms with Crippen molar-refractivity contribution in [3.8, 4) is 0 Å². The molecule has 0 aromatic carbocycles. The molecule has 1 amide bonds. The number of nitrogens with zero attached hydrogens (tertiary/aromatic N) is 2. The minimum atomic E-state index is 0.0107. The SMILES string of the molecule is CCN1CCCC1CNC(=O)c1cc(N)cn1C1CC1. The van der Waals surface area contributed by atoms with Crippen LogP contribution < -0.4 is 11.1 Å². The van der Waals surface area contributed by atoms with Crippen LogP contribution in [0, 0.1) is 0 Å². The van der Waals surface area contributed by atoms with E-state index in [1.54, 1.807) is 6.07 Å². The van der Waals surface area contributed by atoms with Crippen LogP contribution in [0.5, 0.6) is 0 Å². The maximum atomic E-state index is 12.4. The van der Waals surface area contributed by atoms with E-state index in [4.69, 9.17) is 5.73 Å². The zero-order chi connectivity index (χ0) is 14.1. The number of nitrogens with one attached hydrogen (secondary N) is 1. The normalized spacial score (nSPS) is 23.1. The lowest BCUT2D eigenvalue weighted by Crippen LogP contribution is -2.40. The van der Waals surface area contributed by atoms with Crippen molar-refractivity contribution in [2.24, 2.45) is 0 Å². The van der Waals surface area contributed by atoms with E-state index in [0.717, 1.165) is 32.5 Å². The zero-order valence-corrected chi connectivity index (χ0v) is 12.1. The van der Waals surface area contributed by atoms with Crippen LogP contribution in [0.2, 0.25) is 0 Å². The van der Waals surface area contributed by atoms with E-state index in [1.807, 2.05) is 10.8 Å². The number of rotatable bonds is 5. The van der Waals surface area contributed by atoms with Crippen molar-refractivity contribution in [3.05, 3.63) is 18.0 Å². The average Bonchev–Trinajstić information content (AvgIpc) is 3.06. The van der Waals surface area contributed by atoms with Crippen molar-refractivity contribution in [1.29, 1.82) is 0 Å². The first-order valence-electron chi connectivity index (χ1n) is 7.68. The van der Waals surface area contributed by atoms with Gasteiger partial charge in [-0.3, -0.25) is 9.69 Å². The van der Waals surface area contributed by atoms with Crippen molar-refractivity contribution < 1.29 is 4.79 Å². The summed E-state index contributed by atoms with van der Waals surface area (Å²) in [5.74, 6) is 0.0107. The highest BCUT2D eigenvalue weighted by Crippen LogP contribution is 2.37. The summed E-state index contributed by atoms with van der Waals surface area (Å²) in [5.41, 5.74) is 7.23. The molecule has 1 saturated heterocycles. The summed E-state index contributed by atoms with van der Waals surface area (Å²) in [7, 11) is 0. The fraction of sp³-hybridized carbons (Fsp3) is 0.667. The third-order valence-electron chi connectivity index (χ3n) is 4.45. The molecule has 20 heavy (non-hydrogen) atoms. The Morgan fingerprint density at radius 2 is 2.25 bits per heavy atom. The van der Waals surface area contributed by atoms with E-state index in [1.165, 1.54) is 12.8 Å². The lowest BCUT2D eigenvalue weighted by atomic mass is 10.2. The predicted octanol–water partition coefficient (Wildman–Crippen LogP) is 1.62. The van der Waals surface area contributed by atoms with Gasteiger partial charge in [0.25, 0.3) is 5.91 Å². The van der Waals surface area contributed by atoms with Gasteiger partial charge in [0.15, 0.2) is 0 Å². The Morgan fingerprint density at radius 1 is 1.45 bits per heavy atom. The minimum Gasteiger partial charge on any atom is -0.397 e. The quantitative estimate of drug-likeness (QED) is 0.859. The summed E-state index contributed by atoms with van der Waals surface area (Å²) in [6.07, 6.45) is 6.61. The Labute approximate surface area is 120 Å². The number of hydrogen-bond acceptors (Lipinski definition) is 3. The molecule has 1 aliphatic heterocycles. The predicted molar refractivity (Wildman–Crippen MR) is 79.7 cm³/mol. The minimum absolute atomic E-state index is 0.0107. The molecule has 0 spiro atoms. The second kappa shape index (κ2) is 5.48. The fourth-order valence-corrected chi connectivity index (χ4v) is 3.18. The third-order valence-corrected chi connectivity index (χ3v) is 4.45. The third kappa shape index (κ3) is 2.68. The number of likely N-dealkylation sites (tertiary alicyclic amines) is 1. The van der Waals surface area contributed by atoms with Crippen molar-refractivity contribution in [1.82, 2.24) is 14.8 Å². The standard InChI is InChI=1S/C15H24N4O/c1-2-18-7-3-4-13(18)9-17-15(20)14-8-11(16)10-19(14)12-5-6-12/h8,10,12-13H,2-7,9,16H2,1H3,(H,17,20). The van der Waals surface area contributed by atoms with Crippen LogP contribution >= 0.6 is 0 Å². The Bertz CT molecular complexity index is 492. The molecule has 2 fully saturated rings. The highest BCUT2D eigenvalue weighted by atomic mass is 16.1. The van der Waals surface area contributed by atoms with Gasteiger partial charge in [0.2, 0.25) is 0 Å². The first kappa shape index (κ1) is 13.5. The lowest BCUT2D eigenvalue weighted by molar-refractivity contribution is 0.0932. The summed E-state index contributed by atoms with van der Waals surface area (Å²) in [6, 6.07) is 2.76. The van der Waals surface area contributed by atoms with E-state index < -0.39 is 0 Å². The molecule has 1 unspecified atom stereocenters. The van der Waals surface area contributed by atoms with Gasteiger partial charge in [0.1, 0.15) is 5.69 Å². The number of aromatic nitrogens is 1. The number of anilines is 1. The highest BCUT2D eigenvalue weighted by Gasteiger charge is 2.28. The molecule has 2 aliphatic rings. The zero-order valence-electron chi connectivity index (χ0n) is 12.1. The summed E-state index contributed by atoms with van der Waals surface area (Å²) in [5, 5.41) is 3.08. The molecule has 2 heterocycles. The van der Waals surface area contributed by atoms with E-state index >= 15 is 0 Å². The Balaban J connectivity index is 1.61. The molecule has 5 heteroatoms. The van der Waals surface area contributed by atoms with Crippen LogP contribution in [0.25, 0.3) is 0 Å². The summed E-state index contributed by atoms with van der Waals surface area (Å²) in [4.78, 5) is 14.8. The number of nitrogen functional groups attached to an aromatic ring is 1.